The summed E-state index contributed by atoms with van der Waals surface area (Å²) < 4.78 is 5.68. The summed E-state index contributed by atoms with van der Waals surface area (Å²) in [6.45, 7) is 1.66. The highest BCUT2D eigenvalue weighted by molar-refractivity contribution is 5.85. The third-order valence-electron chi connectivity index (χ3n) is 3.66. The lowest BCUT2D eigenvalue weighted by Gasteiger charge is -2.13. The van der Waals surface area contributed by atoms with E-state index in [1.807, 2.05) is 42.5 Å². The molecule has 3 rings (SSSR count). The fraction of sp³-hybridized carbons (Fsp3) is 0.100. The van der Waals surface area contributed by atoms with Crippen molar-refractivity contribution in [2.75, 3.05) is 0 Å². The number of ether oxygens (including phenoxy) is 1. The fourth-order valence-electron chi connectivity index (χ4n) is 2.36. The second-order valence-electron chi connectivity index (χ2n) is 5.60. The van der Waals surface area contributed by atoms with Crippen molar-refractivity contribution < 1.29 is 14.6 Å². The Morgan fingerprint density at radius 1 is 1.08 bits per heavy atom. The van der Waals surface area contributed by atoms with Crippen LogP contribution < -0.4 is 10.2 Å². The van der Waals surface area contributed by atoms with Crippen molar-refractivity contribution in [2.24, 2.45) is 5.10 Å². The van der Waals surface area contributed by atoms with Crippen LogP contribution in [-0.2, 0) is 4.79 Å². The summed E-state index contributed by atoms with van der Waals surface area (Å²) in [7, 11) is 0. The number of rotatable bonds is 5. The number of aromatic hydroxyl groups is 1. The zero-order valence-corrected chi connectivity index (χ0v) is 13.7. The van der Waals surface area contributed by atoms with E-state index in [1.165, 1.54) is 6.21 Å². The lowest BCUT2D eigenvalue weighted by molar-refractivity contribution is -0.127. The number of phenols is 1. The number of carbonyl (C=O) groups excluding carboxylic acids is 1. The quantitative estimate of drug-likeness (QED) is 0.554. The van der Waals surface area contributed by atoms with Crippen molar-refractivity contribution in [1.29, 1.82) is 0 Å². The highest BCUT2D eigenvalue weighted by Crippen LogP contribution is 2.21. The number of amides is 1. The molecule has 0 heterocycles. The smallest absolute Gasteiger partial charge is 0.280 e. The number of nitrogens with one attached hydrogen (secondary N) is 1. The number of hydrazone groups is 1. The van der Waals surface area contributed by atoms with Gasteiger partial charge in [-0.15, -0.1) is 0 Å². The standard InChI is InChI=1S/C20H18N2O3/c1-14(20(24)22-21-13-15-5-4-8-18(23)11-15)25-19-10-9-16-6-2-3-7-17(16)12-19/h2-14,23H,1H3,(H,22,24)/b21-13-/t14-/m1/s1. The first-order valence-electron chi connectivity index (χ1n) is 7.89. The van der Waals surface area contributed by atoms with E-state index in [4.69, 9.17) is 4.74 Å². The van der Waals surface area contributed by atoms with Crippen LogP contribution in [0.15, 0.2) is 71.8 Å². The molecule has 0 saturated carbocycles. The van der Waals surface area contributed by atoms with Crippen molar-refractivity contribution in [1.82, 2.24) is 5.43 Å². The Labute approximate surface area is 145 Å². The number of fused-ring (bicyclic) bond motifs is 1. The Kier molecular flexibility index (Phi) is 4.95. The zero-order chi connectivity index (χ0) is 17.6. The number of nitrogens with zero attached hydrogens (tertiary/aromatic N) is 1. The molecular weight excluding hydrogens is 316 g/mol. The van der Waals surface area contributed by atoms with Gasteiger partial charge in [-0.3, -0.25) is 4.79 Å². The van der Waals surface area contributed by atoms with E-state index >= 15 is 0 Å². The lowest BCUT2D eigenvalue weighted by Crippen LogP contribution is -2.33. The number of benzene rings is 3. The van der Waals surface area contributed by atoms with Crippen molar-refractivity contribution in [2.45, 2.75) is 13.0 Å². The molecular formula is C20H18N2O3. The number of hydrogen-bond donors (Lipinski definition) is 2. The van der Waals surface area contributed by atoms with Crippen LogP contribution >= 0.6 is 0 Å². The maximum absolute atomic E-state index is 12.1. The van der Waals surface area contributed by atoms with Crippen molar-refractivity contribution in [3.8, 4) is 11.5 Å². The van der Waals surface area contributed by atoms with Gasteiger partial charge in [0.15, 0.2) is 6.10 Å². The van der Waals surface area contributed by atoms with Crippen LogP contribution in [0.25, 0.3) is 10.8 Å². The second kappa shape index (κ2) is 7.49. The Morgan fingerprint density at radius 2 is 1.88 bits per heavy atom. The number of phenolic OH excluding ortho intramolecular Hbond substituents is 1. The van der Waals surface area contributed by atoms with Gasteiger partial charge in [0, 0.05) is 0 Å². The first-order chi connectivity index (χ1) is 12.1. The van der Waals surface area contributed by atoms with Gasteiger partial charge in [0.1, 0.15) is 11.5 Å². The molecule has 3 aromatic carbocycles. The first kappa shape index (κ1) is 16.5. The summed E-state index contributed by atoms with van der Waals surface area (Å²) in [4.78, 5) is 12.1. The highest BCUT2D eigenvalue weighted by Gasteiger charge is 2.14. The largest absolute Gasteiger partial charge is 0.508 e. The summed E-state index contributed by atoms with van der Waals surface area (Å²) in [5.74, 6) is 0.408. The van der Waals surface area contributed by atoms with Crippen LogP contribution in [0.1, 0.15) is 12.5 Å². The Bertz CT molecular complexity index is 921. The second-order valence-corrected chi connectivity index (χ2v) is 5.60. The van der Waals surface area contributed by atoms with Gasteiger partial charge in [-0.2, -0.15) is 5.10 Å². The van der Waals surface area contributed by atoms with Gasteiger partial charge < -0.3 is 9.84 Å². The normalized spacial score (nSPS) is 12.2. The van der Waals surface area contributed by atoms with Gasteiger partial charge in [-0.25, -0.2) is 5.43 Å². The minimum absolute atomic E-state index is 0.142. The molecule has 0 fully saturated rings. The molecule has 0 aromatic heterocycles. The molecule has 0 radical (unpaired) electrons. The molecule has 1 atom stereocenters. The maximum atomic E-state index is 12.1. The van der Waals surface area contributed by atoms with Crippen LogP contribution in [0.5, 0.6) is 11.5 Å². The van der Waals surface area contributed by atoms with Gasteiger partial charge in [0.05, 0.1) is 6.21 Å². The van der Waals surface area contributed by atoms with Gasteiger partial charge in [-0.1, -0.05) is 42.5 Å². The lowest BCUT2D eigenvalue weighted by atomic mass is 10.1. The predicted octanol–water partition coefficient (Wildman–Crippen LogP) is 3.46. The minimum Gasteiger partial charge on any atom is -0.508 e. The average Bonchev–Trinajstić information content (AvgIpc) is 2.61. The molecule has 5 nitrogen and oxygen atoms in total. The van der Waals surface area contributed by atoms with Gasteiger partial charge in [0.25, 0.3) is 5.91 Å². The number of carbonyl (C=O) groups is 1. The van der Waals surface area contributed by atoms with E-state index in [9.17, 15) is 9.90 Å². The molecule has 0 aliphatic heterocycles. The Balaban J connectivity index is 1.59. The van der Waals surface area contributed by atoms with Gasteiger partial charge in [-0.05, 0) is 47.5 Å². The molecule has 126 valence electrons. The monoisotopic (exact) mass is 334 g/mol. The average molecular weight is 334 g/mol. The number of hydrogen-bond acceptors (Lipinski definition) is 4. The molecule has 3 aromatic rings. The molecule has 1 amide bonds. The third-order valence-corrected chi connectivity index (χ3v) is 3.66. The molecule has 0 saturated heterocycles. The maximum Gasteiger partial charge on any atom is 0.280 e. The van der Waals surface area contributed by atoms with Gasteiger partial charge in [0.2, 0.25) is 0 Å². The molecule has 0 aliphatic carbocycles. The fourth-order valence-corrected chi connectivity index (χ4v) is 2.36. The van der Waals surface area contributed by atoms with Crippen molar-refractivity contribution >= 4 is 22.9 Å². The first-order valence-corrected chi connectivity index (χ1v) is 7.89. The zero-order valence-electron chi connectivity index (χ0n) is 13.7. The van der Waals surface area contributed by atoms with E-state index in [0.29, 0.717) is 11.3 Å². The van der Waals surface area contributed by atoms with E-state index in [1.54, 1.807) is 31.2 Å². The molecule has 0 aliphatic rings. The minimum atomic E-state index is -0.692. The van der Waals surface area contributed by atoms with Crippen molar-refractivity contribution in [3.05, 3.63) is 72.3 Å². The van der Waals surface area contributed by atoms with Crippen LogP contribution in [0.3, 0.4) is 0 Å². The van der Waals surface area contributed by atoms with Crippen LogP contribution in [0, 0.1) is 0 Å². The highest BCUT2D eigenvalue weighted by atomic mass is 16.5. The molecule has 5 heteroatoms. The Morgan fingerprint density at radius 3 is 2.68 bits per heavy atom. The molecule has 0 bridgehead atoms. The molecule has 0 spiro atoms. The van der Waals surface area contributed by atoms with Crippen LogP contribution in [0.2, 0.25) is 0 Å². The van der Waals surface area contributed by atoms with E-state index in [-0.39, 0.29) is 11.7 Å². The SMILES string of the molecule is C[C@@H](Oc1ccc2ccccc2c1)C(=O)N/N=C\c1cccc(O)c1. The third kappa shape index (κ3) is 4.35. The summed E-state index contributed by atoms with van der Waals surface area (Å²) in [6.07, 6.45) is 0.767. The van der Waals surface area contributed by atoms with Crippen molar-refractivity contribution in [3.63, 3.8) is 0 Å². The summed E-state index contributed by atoms with van der Waals surface area (Å²) in [5, 5.41) is 15.4. The van der Waals surface area contributed by atoms with E-state index in [2.05, 4.69) is 10.5 Å². The van der Waals surface area contributed by atoms with Crippen LogP contribution in [-0.4, -0.2) is 23.3 Å². The molecule has 0 unspecified atom stereocenters. The van der Waals surface area contributed by atoms with Crippen LogP contribution in [0.4, 0.5) is 0 Å². The van der Waals surface area contributed by atoms with E-state index in [0.717, 1.165) is 10.8 Å². The molecule has 2 N–H and O–H groups in total. The Hall–Kier alpha value is -3.34. The summed E-state index contributed by atoms with van der Waals surface area (Å²) in [6, 6.07) is 20.2. The molecule has 25 heavy (non-hydrogen) atoms. The van der Waals surface area contributed by atoms with E-state index < -0.39 is 6.10 Å². The topological polar surface area (TPSA) is 70.9 Å². The summed E-state index contributed by atoms with van der Waals surface area (Å²) >= 11 is 0. The summed E-state index contributed by atoms with van der Waals surface area (Å²) in [5.41, 5.74) is 3.12. The predicted molar refractivity (Wildman–Crippen MR) is 97.9 cm³/mol. The van der Waals surface area contributed by atoms with Gasteiger partial charge >= 0.3 is 0 Å².